The van der Waals surface area contributed by atoms with Gasteiger partial charge < -0.3 is 9.84 Å². The Balaban J connectivity index is 2.77. The molecule has 1 aromatic rings. The van der Waals surface area contributed by atoms with Gasteiger partial charge in [0.05, 0.1) is 6.61 Å². The van der Waals surface area contributed by atoms with E-state index in [1.54, 1.807) is 12.1 Å². The number of ether oxygens (including phenoxy) is 1. The van der Waals surface area contributed by atoms with Crippen molar-refractivity contribution in [2.75, 3.05) is 6.61 Å². The summed E-state index contributed by atoms with van der Waals surface area (Å²) in [6.45, 7) is 5.11. The maximum Gasteiger partial charge on any atom is 0.180 e. The molecule has 0 radical (unpaired) electrons. The highest BCUT2D eigenvalue weighted by molar-refractivity contribution is 9.10. The van der Waals surface area contributed by atoms with Crippen LogP contribution < -0.4 is 4.74 Å². The molecule has 1 unspecified atom stereocenters. The van der Waals surface area contributed by atoms with Crippen molar-refractivity contribution in [1.82, 2.24) is 0 Å². The van der Waals surface area contributed by atoms with Crippen molar-refractivity contribution in [3.8, 4) is 5.75 Å². The van der Waals surface area contributed by atoms with Gasteiger partial charge in [-0.1, -0.05) is 36.7 Å². The topological polar surface area (TPSA) is 46.5 Å². The molecule has 17 heavy (non-hydrogen) atoms. The van der Waals surface area contributed by atoms with E-state index >= 15 is 0 Å². The van der Waals surface area contributed by atoms with Crippen molar-refractivity contribution in [1.29, 1.82) is 0 Å². The van der Waals surface area contributed by atoms with Gasteiger partial charge in [-0.3, -0.25) is 4.79 Å². The Morgan fingerprint density at radius 1 is 1.35 bits per heavy atom. The highest BCUT2D eigenvalue weighted by Crippen LogP contribution is 2.22. The number of aliphatic hydroxyl groups excluding tert-OH is 1. The molecule has 0 saturated carbocycles. The molecule has 0 amide bonds. The van der Waals surface area contributed by atoms with E-state index in [1.807, 2.05) is 32.9 Å². The van der Waals surface area contributed by atoms with Gasteiger partial charge in [-0.2, -0.15) is 0 Å². The number of hydrogen-bond donors (Lipinski definition) is 1. The summed E-state index contributed by atoms with van der Waals surface area (Å²) < 4.78 is 6.42. The fourth-order valence-electron chi connectivity index (χ4n) is 1.33. The largest absolute Gasteiger partial charge is 0.480 e. The fraction of sp³-hybridized carbons (Fsp3) is 0.462. The van der Waals surface area contributed by atoms with Gasteiger partial charge >= 0.3 is 0 Å². The van der Waals surface area contributed by atoms with Gasteiger partial charge in [0.15, 0.2) is 11.9 Å². The normalized spacial score (nSPS) is 13.2. The second-order valence-corrected chi connectivity index (χ2v) is 5.77. The van der Waals surface area contributed by atoms with Gasteiger partial charge in [-0.25, -0.2) is 0 Å². The van der Waals surface area contributed by atoms with E-state index in [2.05, 4.69) is 15.9 Å². The second kappa shape index (κ2) is 5.65. The van der Waals surface area contributed by atoms with Crippen molar-refractivity contribution in [3.63, 3.8) is 0 Å². The number of Topliss-reactive ketones (excluding diaryl/α,β-unsaturated/α-hetero) is 1. The zero-order valence-electron chi connectivity index (χ0n) is 10.2. The minimum atomic E-state index is -0.809. The van der Waals surface area contributed by atoms with Crippen molar-refractivity contribution in [2.24, 2.45) is 5.41 Å². The summed E-state index contributed by atoms with van der Waals surface area (Å²) in [6, 6.07) is 7.15. The van der Waals surface area contributed by atoms with Gasteiger partial charge in [0.1, 0.15) is 5.75 Å². The Morgan fingerprint density at radius 3 is 2.29 bits per heavy atom. The molecule has 0 heterocycles. The lowest BCUT2D eigenvalue weighted by atomic mass is 9.88. The van der Waals surface area contributed by atoms with Crippen LogP contribution in [0.3, 0.4) is 0 Å². The maximum atomic E-state index is 12.0. The molecular weight excluding hydrogens is 284 g/mol. The average molecular weight is 301 g/mol. The van der Waals surface area contributed by atoms with Crippen LogP contribution in [0.2, 0.25) is 0 Å². The van der Waals surface area contributed by atoms with Gasteiger partial charge in [-0.05, 0) is 24.3 Å². The number of aliphatic hydroxyl groups is 1. The van der Waals surface area contributed by atoms with Crippen LogP contribution in [0.25, 0.3) is 0 Å². The summed E-state index contributed by atoms with van der Waals surface area (Å²) >= 11 is 3.32. The Kier molecular flexibility index (Phi) is 4.71. The van der Waals surface area contributed by atoms with Crippen LogP contribution in [-0.2, 0) is 4.79 Å². The molecular formula is C13H17BrO3. The van der Waals surface area contributed by atoms with Gasteiger partial charge in [-0.15, -0.1) is 0 Å². The van der Waals surface area contributed by atoms with E-state index in [0.29, 0.717) is 5.75 Å². The molecule has 1 rings (SSSR count). The summed E-state index contributed by atoms with van der Waals surface area (Å²) in [5, 5.41) is 9.22. The van der Waals surface area contributed by atoms with E-state index in [9.17, 15) is 9.90 Å². The number of hydrogen-bond acceptors (Lipinski definition) is 3. The summed E-state index contributed by atoms with van der Waals surface area (Å²) in [4.78, 5) is 12.0. The summed E-state index contributed by atoms with van der Waals surface area (Å²) in [5.74, 6) is 0.466. The van der Waals surface area contributed by atoms with Crippen LogP contribution >= 0.6 is 15.9 Å². The van der Waals surface area contributed by atoms with Crippen LogP contribution in [0.15, 0.2) is 28.7 Å². The third kappa shape index (κ3) is 4.13. The molecule has 94 valence electrons. The van der Waals surface area contributed by atoms with Crippen molar-refractivity contribution in [3.05, 3.63) is 28.7 Å². The van der Waals surface area contributed by atoms with Crippen molar-refractivity contribution >= 4 is 21.7 Å². The summed E-state index contributed by atoms with van der Waals surface area (Å²) in [5.41, 5.74) is -0.525. The summed E-state index contributed by atoms with van der Waals surface area (Å²) in [6.07, 6.45) is -0.809. The minimum Gasteiger partial charge on any atom is -0.480 e. The van der Waals surface area contributed by atoms with Crippen LogP contribution in [0, 0.1) is 5.41 Å². The first-order valence-electron chi connectivity index (χ1n) is 5.42. The molecule has 0 aromatic heterocycles. The van der Waals surface area contributed by atoms with Gasteiger partial charge in [0.25, 0.3) is 0 Å². The van der Waals surface area contributed by atoms with E-state index in [1.165, 1.54) is 0 Å². The van der Waals surface area contributed by atoms with E-state index < -0.39 is 11.5 Å². The maximum absolute atomic E-state index is 12.0. The van der Waals surface area contributed by atoms with Crippen molar-refractivity contribution < 1.29 is 14.6 Å². The molecule has 1 N–H and O–H groups in total. The average Bonchev–Trinajstić information content (AvgIpc) is 2.26. The molecule has 0 aliphatic carbocycles. The van der Waals surface area contributed by atoms with Gasteiger partial charge in [0.2, 0.25) is 0 Å². The zero-order chi connectivity index (χ0) is 13.1. The quantitative estimate of drug-likeness (QED) is 0.930. The van der Waals surface area contributed by atoms with Crippen LogP contribution in [0.5, 0.6) is 5.75 Å². The van der Waals surface area contributed by atoms with E-state index in [4.69, 9.17) is 4.74 Å². The minimum absolute atomic E-state index is 0.108. The molecule has 0 fully saturated rings. The third-order valence-corrected chi connectivity index (χ3v) is 2.82. The molecule has 0 aliphatic rings. The Hall–Kier alpha value is -0.870. The Bertz CT molecular complexity index is 379. The smallest absolute Gasteiger partial charge is 0.180 e. The summed E-state index contributed by atoms with van der Waals surface area (Å²) in [7, 11) is 0. The molecule has 1 atom stereocenters. The molecule has 0 spiro atoms. The number of halogens is 1. The lowest BCUT2D eigenvalue weighted by Crippen LogP contribution is -2.39. The number of carbonyl (C=O) groups is 1. The molecule has 1 aromatic carbocycles. The Morgan fingerprint density at radius 2 is 1.88 bits per heavy atom. The van der Waals surface area contributed by atoms with Gasteiger partial charge in [0, 0.05) is 9.89 Å². The van der Waals surface area contributed by atoms with Crippen molar-refractivity contribution in [2.45, 2.75) is 26.9 Å². The highest BCUT2D eigenvalue weighted by atomic mass is 79.9. The van der Waals surface area contributed by atoms with Crippen LogP contribution in [-0.4, -0.2) is 23.6 Å². The van der Waals surface area contributed by atoms with Crippen LogP contribution in [0.1, 0.15) is 20.8 Å². The first-order chi connectivity index (χ1) is 7.84. The fourth-order valence-corrected chi connectivity index (χ4v) is 1.60. The van der Waals surface area contributed by atoms with E-state index in [-0.39, 0.29) is 12.4 Å². The lowest BCUT2D eigenvalue weighted by Gasteiger charge is -2.23. The molecule has 0 bridgehead atoms. The van der Waals surface area contributed by atoms with Crippen LogP contribution in [0.4, 0.5) is 0 Å². The number of carbonyl (C=O) groups excluding carboxylic acids is 1. The third-order valence-electron chi connectivity index (χ3n) is 2.29. The predicted molar refractivity (Wildman–Crippen MR) is 70.1 cm³/mol. The highest BCUT2D eigenvalue weighted by Gasteiger charge is 2.30. The predicted octanol–water partition coefficient (Wildman–Crippen LogP) is 2.80. The molecule has 3 nitrogen and oxygen atoms in total. The molecule has 0 aliphatic heterocycles. The molecule has 4 heteroatoms. The zero-order valence-corrected chi connectivity index (χ0v) is 11.8. The monoisotopic (exact) mass is 300 g/mol. The standard InChI is InChI=1S/C13H17BrO3/c1-13(2,3)12(16)11(8-15)17-10-6-4-9(14)5-7-10/h4-7,11,15H,8H2,1-3H3. The second-order valence-electron chi connectivity index (χ2n) is 4.86. The number of rotatable bonds is 4. The number of ketones is 1. The SMILES string of the molecule is CC(C)(C)C(=O)C(CO)Oc1ccc(Br)cc1. The first-order valence-corrected chi connectivity index (χ1v) is 6.21. The number of benzene rings is 1. The lowest BCUT2D eigenvalue weighted by molar-refractivity contribution is -0.135. The molecule has 0 saturated heterocycles. The Labute approximate surface area is 110 Å². The van der Waals surface area contributed by atoms with E-state index in [0.717, 1.165) is 4.47 Å². The first kappa shape index (κ1) is 14.2.